The Morgan fingerprint density at radius 3 is 1.78 bits per heavy atom. The largest absolute Gasteiger partial charge is 0.349 e. The molecule has 0 radical (unpaired) electrons. The van der Waals surface area contributed by atoms with E-state index in [1.54, 1.807) is 21.0 Å². The Morgan fingerprint density at radius 1 is 0.957 bits per heavy atom. The van der Waals surface area contributed by atoms with Crippen LogP contribution in [0.5, 0.6) is 0 Å². The molecule has 2 aromatic rings. The van der Waals surface area contributed by atoms with Crippen LogP contribution in [0.3, 0.4) is 0 Å². The molecule has 1 atom stereocenters. The van der Waals surface area contributed by atoms with Gasteiger partial charge in [-0.05, 0) is 31.1 Å². The topological polar surface area (TPSA) is 35.5 Å². The summed E-state index contributed by atoms with van der Waals surface area (Å²) in [5.74, 6) is -1.12. The van der Waals surface area contributed by atoms with Crippen molar-refractivity contribution < 1.29 is 14.3 Å². The van der Waals surface area contributed by atoms with Gasteiger partial charge in [-0.1, -0.05) is 60.7 Å². The molecule has 2 aromatic carbocycles. The van der Waals surface area contributed by atoms with Crippen LogP contribution in [0, 0.1) is 0 Å². The first-order valence-corrected chi connectivity index (χ1v) is 7.62. The number of ether oxygens (including phenoxy) is 2. The Hall–Kier alpha value is -2.23. The van der Waals surface area contributed by atoms with E-state index in [2.05, 4.69) is 0 Å². The molecule has 0 fully saturated rings. The lowest BCUT2D eigenvalue weighted by atomic mass is 9.85. The van der Waals surface area contributed by atoms with E-state index in [0.29, 0.717) is 5.57 Å². The van der Waals surface area contributed by atoms with E-state index in [1.807, 2.05) is 66.7 Å². The number of carbonyl (C=O) groups is 1. The minimum atomic E-state index is -1.07. The SMILES string of the molecule is COC1(C)OC(c2ccccc2)(c2ccccc2)C=C1C(C)=O. The first kappa shape index (κ1) is 15.7. The summed E-state index contributed by atoms with van der Waals surface area (Å²) in [7, 11) is 1.56. The molecule has 0 saturated heterocycles. The van der Waals surface area contributed by atoms with Gasteiger partial charge in [0.15, 0.2) is 11.6 Å². The summed E-state index contributed by atoms with van der Waals surface area (Å²) in [6.07, 6.45) is 1.89. The Morgan fingerprint density at radius 2 is 1.43 bits per heavy atom. The van der Waals surface area contributed by atoms with Gasteiger partial charge in [-0.15, -0.1) is 0 Å². The number of ketones is 1. The minimum Gasteiger partial charge on any atom is -0.349 e. The molecule has 0 aliphatic carbocycles. The molecule has 0 bridgehead atoms. The van der Waals surface area contributed by atoms with Gasteiger partial charge >= 0.3 is 0 Å². The van der Waals surface area contributed by atoms with Crippen molar-refractivity contribution in [3.63, 3.8) is 0 Å². The van der Waals surface area contributed by atoms with Gasteiger partial charge in [-0.2, -0.15) is 0 Å². The fourth-order valence-corrected chi connectivity index (χ4v) is 3.12. The fraction of sp³-hybridized carbons (Fsp3) is 0.250. The molecule has 1 aliphatic rings. The van der Waals surface area contributed by atoms with Gasteiger partial charge in [0.05, 0.1) is 5.57 Å². The van der Waals surface area contributed by atoms with Crippen molar-refractivity contribution in [3.8, 4) is 0 Å². The number of hydrogen-bond donors (Lipinski definition) is 0. The van der Waals surface area contributed by atoms with Crippen LogP contribution >= 0.6 is 0 Å². The van der Waals surface area contributed by atoms with Crippen LogP contribution in [0.1, 0.15) is 25.0 Å². The van der Waals surface area contributed by atoms with E-state index in [-0.39, 0.29) is 5.78 Å². The van der Waals surface area contributed by atoms with Gasteiger partial charge in [-0.3, -0.25) is 4.79 Å². The van der Waals surface area contributed by atoms with Crippen molar-refractivity contribution in [2.75, 3.05) is 7.11 Å². The van der Waals surface area contributed by atoms with Gasteiger partial charge < -0.3 is 9.47 Å². The van der Waals surface area contributed by atoms with Crippen molar-refractivity contribution >= 4 is 5.78 Å². The maximum Gasteiger partial charge on any atom is 0.196 e. The van der Waals surface area contributed by atoms with Crippen LogP contribution in [0.25, 0.3) is 0 Å². The second-order valence-corrected chi connectivity index (χ2v) is 5.83. The Bertz CT molecular complexity index is 694. The molecule has 3 nitrogen and oxygen atoms in total. The molecule has 0 aromatic heterocycles. The van der Waals surface area contributed by atoms with Gasteiger partial charge in [0.2, 0.25) is 0 Å². The zero-order valence-electron chi connectivity index (χ0n) is 13.6. The van der Waals surface area contributed by atoms with Crippen molar-refractivity contribution in [2.24, 2.45) is 0 Å². The predicted molar refractivity (Wildman–Crippen MR) is 88.9 cm³/mol. The average molecular weight is 308 g/mol. The molecule has 1 heterocycles. The highest BCUT2D eigenvalue weighted by atomic mass is 16.7. The molecule has 23 heavy (non-hydrogen) atoms. The second-order valence-electron chi connectivity index (χ2n) is 5.83. The molecule has 1 unspecified atom stereocenters. The van der Waals surface area contributed by atoms with Crippen LogP contribution in [0.4, 0.5) is 0 Å². The third kappa shape index (κ3) is 2.52. The van der Waals surface area contributed by atoms with Crippen molar-refractivity contribution in [1.29, 1.82) is 0 Å². The standard InChI is InChI=1S/C20H20O3/c1-15(21)18-14-20(23-19(18,2)22-3,16-10-6-4-7-11-16)17-12-8-5-9-13-17/h4-14H,1-3H3. The summed E-state index contributed by atoms with van der Waals surface area (Å²) in [5.41, 5.74) is 1.62. The molecule has 118 valence electrons. The lowest BCUT2D eigenvalue weighted by molar-refractivity contribution is -0.210. The zero-order valence-corrected chi connectivity index (χ0v) is 13.6. The number of hydrogen-bond acceptors (Lipinski definition) is 3. The van der Waals surface area contributed by atoms with Gasteiger partial charge in [0.25, 0.3) is 0 Å². The summed E-state index contributed by atoms with van der Waals surface area (Å²) in [4.78, 5) is 12.1. The summed E-state index contributed by atoms with van der Waals surface area (Å²) in [5, 5.41) is 0. The summed E-state index contributed by atoms with van der Waals surface area (Å²) < 4.78 is 12.0. The highest BCUT2D eigenvalue weighted by Gasteiger charge is 2.51. The maximum atomic E-state index is 12.1. The molecule has 0 spiro atoms. The Kier molecular flexibility index (Phi) is 3.92. The lowest BCUT2D eigenvalue weighted by Gasteiger charge is -2.34. The van der Waals surface area contributed by atoms with E-state index < -0.39 is 11.4 Å². The summed E-state index contributed by atoms with van der Waals surface area (Å²) in [6, 6.07) is 19.8. The van der Waals surface area contributed by atoms with Gasteiger partial charge in [-0.25, -0.2) is 0 Å². The first-order chi connectivity index (χ1) is 11.0. The van der Waals surface area contributed by atoms with Gasteiger partial charge in [0.1, 0.15) is 5.60 Å². The molecule has 3 heteroatoms. The van der Waals surface area contributed by atoms with Crippen molar-refractivity contribution in [1.82, 2.24) is 0 Å². The molecule has 0 saturated carbocycles. The van der Waals surface area contributed by atoms with E-state index in [1.165, 1.54) is 0 Å². The van der Waals surface area contributed by atoms with Crippen LogP contribution < -0.4 is 0 Å². The monoisotopic (exact) mass is 308 g/mol. The third-order valence-corrected chi connectivity index (χ3v) is 4.37. The van der Waals surface area contributed by atoms with E-state index in [0.717, 1.165) is 11.1 Å². The van der Waals surface area contributed by atoms with Crippen LogP contribution in [0.15, 0.2) is 72.3 Å². The van der Waals surface area contributed by atoms with Gasteiger partial charge in [0, 0.05) is 7.11 Å². The molecule has 1 aliphatic heterocycles. The molecule has 3 rings (SSSR count). The number of benzene rings is 2. The van der Waals surface area contributed by atoms with Crippen molar-refractivity contribution in [2.45, 2.75) is 25.2 Å². The zero-order chi connectivity index (χ0) is 16.5. The Labute approximate surface area is 136 Å². The second kappa shape index (κ2) is 5.76. The predicted octanol–water partition coefficient (Wildman–Crippen LogP) is 3.84. The first-order valence-electron chi connectivity index (χ1n) is 7.62. The van der Waals surface area contributed by atoms with Crippen LogP contribution in [-0.4, -0.2) is 18.7 Å². The van der Waals surface area contributed by atoms with Crippen molar-refractivity contribution in [3.05, 3.63) is 83.4 Å². The normalized spacial score (nSPS) is 22.7. The molecular weight excluding hydrogens is 288 g/mol. The highest BCUT2D eigenvalue weighted by Crippen LogP contribution is 2.47. The number of carbonyl (C=O) groups excluding carboxylic acids is 1. The van der Waals surface area contributed by atoms with E-state index in [4.69, 9.17) is 9.47 Å². The molecule has 0 N–H and O–H groups in total. The summed E-state index contributed by atoms with van der Waals surface area (Å²) in [6.45, 7) is 3.33. The van der Waals surface area contributed by atoms with E-state index in [9.17, 15) is 4.79 Å². The number of methoxy groups -OCH3 is 1. The van der Waals surface area contributed by atoms with Crippen LogP contribution in [-0.2, 0) is 19.9 Å². The lowest BCUT2D eigenvalue weighted by Crippen LogP contribution is -2.38. The Balaban J connectivity index is 2.26. The van der Waals surface area contributed by atoms with Crippen LogP contribution in [0.2, 0.25) is 0 Å². The smallest absolute Gasteiger partial charge is 0.196 e. The minimum absolute atomic E-state index is 0.0527. The number of rotatable bonds is 4. The average Bonchev–Trinajstić information content (AvgIpc) is 2.92. The quantitative estimate of drug-likeness (QED) is 0.861. The summed E-state index contributed by atoms with van der Waals surface area (Å²) >= 11 is 0. The fourth-order valence-electron chi connectivity index (χ4n) is 3.12. The third-order valence-electron chi connectivity index (χ3n) is 4.37. The van der Waals surface area contributed by atoms with E-state index >= 15 is 0 Å². The molecule has 0 amide bonds. The number of Topliss-reactive ketones (excluding diaryl/α,β-unsaturated/α-hetero) is 1. The highest BCUT2D eigenvalue weighted by molar-refractivity contribution is 5.96. The molecular formula is C20H20O3. The maximum absolute atomic E-state index is 12.1.